The van der Waals surface area contributed by atoms with E-state index in [9.17, 15) is 0 Å². The van der Waals surface area contributed by atoms with E-state index in [2.05, 4.69) is 39.5 Å². The highest BCUT2D eigenvalue weighted by Gasteiger charge is 2.35. The first kappa shape index (κ1) is 11.0. The van der Waals surface area contributed by atoms with Crippen LogP contribution in [-0.2, 0) is 0 Å². The predicted octanol–water partition coefficient (Wildman–Crippen LogP) is 3.30. The third-order valence-electron chi connectivity index (χ3n) is 3.43. The summed E-state index contributed by atoms with van der Waals surface area (Å²) in [7, 11) is 0. The van der Waals surface area contributed by atoms with E-state index >= 15 is 0 Å². The Balaban J connectivity index is 2.75. The Morgan fingerprint density at radius 1 is 1.15 bits per heavy atom. The van der Waals surface area contributed by atoms with Crippen molar-refractivity contribution >= 4 is 0 Å². The second-order valence-electron chi connectivity index (χ2n) is 5.84. The van der Waals surface area contributed by atoms with Gasteiger partial charge in [0.2, 0.25) is 0 Å². The van der Waals surface area contributed by atoms with Gasteiger partial charge in [-0.3, -0.25) is 4.90 Å². The number of rotatable bonds is 1. The minimum atomic E-state index is 0.398. The second kappa shape index (κ2) is 3.61. The molecule has 0 amide bonds. The zero-order chi connectivity index (χ0) is 10.1. The lowest BCUT2D eigenvalue weighted by atomic mass is 9.78. The molecule has 0 N–H and O–H groups in total. The first-order valence-electron chi connectivity index (χ1n) is 5.62. The van der Waals surface area contributed by atoms with Crippen molar-refractivity contribution < 1.29 is 0 Å². The quantitative estimate of drug-likeness (QED) is 0.603. The Morgan fingerprint density at radius 2 is 1.77 bits per heavy atom. The zero-order valence-corrected chi connectivity index (χ0v) is 9.98. The van der Waals surface area contributed by atoms with Gasteiger partial charge in [-0.05, 0) is 51.6 Å². The molecule has 1 rings (SSSR count). The van der Waals surface area contributed by atoms with Gasteiger partial charge < -0.3 is 0 Å². The molecule has 0 saturated carbocycles. The third kappa shape index (κ3) is 2.70. The lowest BCUT2D eigenvalue weighted by Gasteiger charge is -2.39. The van der Waals surface area contributed by atoms with Crippen LogP contribution in [0.4, 0.5) is 0 Å². The zero-order valence-electron chi connectivity index (χ0n) is 9.98. The number of hydrogen-bond acceptors (Lipinski definition) is 1. The molecule has 0 aromatic rings. The molecule has 13 heavy (non-hydrogen) atoms. The van der Waals surface area contributed by atoms with Crippen LogP contribution in [0.2, 0.25) is 0 Å². The van der Waals surface area contributed by atoms with Gasteiger partial charge in [-0.2, -0.15) is 0 Å². The van der Waals surface area contributed by atoms with Crippen LogP contribution >= 0.6 is 0 Å². The lowest BCUT2D eigenvalue weighted by Crippen LogP contribution is -2.44. The Bertz CT molecular complexity index is 170. The highest BCUT2D eigenvalue weighted by atomic mass is 15.2. The van der Waals surface area contributed by atoms with E-state index in [4.69, 9.17) is 0 Å². The number of nitrogens with zero attached hydrogens (tertiary/aromatic N) is 1. The standard InChI is InChI=1S/C12H25N/c1-6-13-9-7-8-11(2,3)10-12(13,4)5/h6-10H2,1-5H3. The smallest absolute Gasteiger partial charge is 0.0158 e. The number of hydrogen-bond donors (Lipinski definition) is 0. The van der Waals surface area contributed by atoms with Crippen molar-refractivity contribution in [1.82, 2.24) is 4.90 Å². The fourth-order valence-corrected chi connectivity index (χ4v) is 3.01. The summed E-state index contributed by atoms with van der Waals surface area (Å²) in [6, 6.07) is 0. The molecule has 0 spiro atoms. The van der Waals surface area contributed by atoms with E-state index in [1.54, 1.807) is 0 Å². The van der Waals surface area contributed by atoms with Crippen LogP contribution < -0.4 is 0 Å². The fourth-order valence-electron chi connectivity index (χ4n) is 3.01. The summed E-state index contributed by atoms with van der Waals surface area (Å²) in [5.74, 6) is 0. The largest absolute Gasteiger partial charge is 0.298 e. The van der Waals surface area contributed by atoms with Crippen molar-refractivity contribution in [2.75, 3.05) is 13.1 Å². The number of likely N-dealkylation sites (tertiary alicyclic amines) is 1. The predicted molar refractivity (Wildman–Crippen MR) is 59.0 cm³/mol. The molecule has 1 fully saturated rings. The van der Waals surface area contributed by atoms with E-state index in [1.807, 2.05) is 0 Å². The van der Waals surface area contributed by atoms with Gasteiger partial charge in [-0.15, -0.1) is 0 Å². The molecule has 1 saturated heterocycles. The second-order valence-corrected chi connectivity index (χ2v) is 5.84. The van der Waals surface area contributed by atoms with Crippen molar-refractivity contribution in [1.29, 1.82) is 0 Å². The molecular weight excluding hydrogens is 158 g/mol. The van der Waals surface area contributed by atoms with Crippen molar-refractivity contribution in [3.8, 4) is 0 Å². The third-order valence-corrected chi connectivity index (χ3v) is 3.43. The molecule has 0 radical (unpaired) electrons. The van der Waals surface area contributed by atoms with Gasteiger partial charge in [-0.25, -0.2) is 0 Å². The maximum Gasteiger partial charge on any atom is 0.0158 e. The molecule has 0 bridgehead atoms. The fraction of sp³-hybridized carbons (Fsp3) is 1.00. The van der Waals surface area contributed by atoms with Crippen LogP contribution in [0, 0.1) is 5.41 Å². The van der Waals surface area contributed by atoms with Gasteiger partial charge in [-0.1, -0.05) is 20.8 Å². The Hall–Kier alpha value is -0.0400. The molecule has 1 aliphatic heterocycles. The van der Waals surface area contributed by atoms with Gasteiger partial charge in [0, 0.05) is 5.54 Å². The minimum Gasteiger partial charge on any atom is -0.298 e. The van der Waals surface area contributed by atoms with E-state index < -0.39 is 0 Å². The molecule has 0 atom stereocenters. The molecule has 78 valence electrons. The van der Waals surface area contributed by atoms with Crippen molar-refractivity contribution in [2.24, 2.45) is 5.41 Å². The van der Waals surface area contributed by atoms with Gasteiger partial charge in [0.1, 0.15) is 0 Å². The monoisotopic (exact) mass is 183 g/mol. The summed E-state index contributed by atoms with van der Waals surface area (Å²) in [4.78, 5) is 2.63. The highest BCUT2D eigenvalue weighted by Crippen LogP contribution is 2.38. The summed E-state index contributed by atoms with van der Waals surface area (Å²) in [6.45, 7) is 14.4. The molecule has 1 heterocycles. The lowest BCUT2D eigenvalue weighted by molar-refractivity contribution is 0.104. The molecule has 1 nitrogen and oxygen atoms in total. The Morgan fingerprint density at radius 3 is 2.31 bits per heavy atom. The topological polar surface area (TPSA) is 3.24 Å². The average Bonchev–Trinajstić information content (AvgIpc) is 2.03. The summed E-state index contributed by atoms with van der Waals surface area (Å²) in [6.07, 6.45) is 4.07. The van der Waals surface area contributed by atoms with E-state index in [0.717, 1.165) is 0 Å². The first-order valence-corrected chi connectivity index (χ1v) is 5.62. The van der Waals surface area contributed by atoms with E-state index in [1.165, 1.54) is 32.4 Å². The molecule has 0 aliphatic carbocycles. The van der Waals surface area contributed by atoms with Crippen molar-refractivity contribution in [3.05, 3.63) is 0 Å². The van der Waals surface area contributed by atoms with Crippen LogP contribution in [0.15, 0.2) is 0 Å². The van der Waals surface area contributed by atoms with Gasteiger partial charge in [0.15, 0.2) is 0 Å². The summed E-state index contributed by atoms with van der Waals surface area (Å²) in [5.41, 5.74) is 0.933. The van der Waals surface area contributed by atoms with Crippen LogP contribution in [0.25, 0.3) is 0 Å². The SMILES string of the molecule is CCN1CCCC(C)(C)CC1(C)C. The van der Waals surface area contributed by atoms with Crippen LogP contribution in [-0.4, -0.2) is 23.5 Å². The van der Waals surface area contributed by atoms with E-state index in [0.29, 0.717) is 11.0 Å². The first-order chi connectivity index (χ1) is 5.87. The van der Waals surface area contributed by atoms with Gasteiger partial charge in [0.05, 0.1) is 0 Å². The van der Waals surface area contributed by atoms with Crippen molar-refractivity contribution in [3.63, 3.8) is 0 Å². The minimum absolute atomic E-state index is 0.398. The molecule has 0 aromatic carbocycles. The van der Waals surface area contributed by atoms with Gasteiger partial charge in [0.25, 0.3) is 0 Å². The van der Waals surface area contributed by atoms with E-state index in [-0.39, 0.29) is 0 Å². The molecule has 0 aromatic heterocycles. The molecular formula is C12H25N. The Labute approximate surface area is 83.5 Å². The van der Waals surface area contributed by atoms with Crippen LogP contribution in [0.5, 0.6) is 0 Å². The maximum atomic E-state index is 2.63. The average molecular weight is 183 g/mol. The van der Waals surface area contributed by atoms with Crippen LogP contribution in [0.1, 0.15) is 53.9 Å². The maximum absolute atomic E-state index is 2.63. The highest BCUT2D eigenvalue weighted by molar-refractivity contribution is 4.90. The van der Waals surface area contributed by atoms with Gasteiger partial charge >= 0.3 is 0 Å². The molecule has 1 aliphatic rings. The van der Waals surface area contributed by atoms with Crippen molar-refractivity contribution in [2.45, 2.75) is 59.4 Å². The summed E-state index contributed by atoms with van der Waals surface area (Å²) < 4.78 is 0. The summed E-state index contributed by atoms with van der Waals surface area (Å²) in [5, 5.41) is 0. The molecule has 0 unspecified atom stereocenters. The molecule has 1 heteroatoms. The normalized spacial score (nSPS) is 28.4. The Kier molecular flexibility index (Phi) is 3.06. The van der Waals surface area contributed by atoms with Crippen LogP contribution in [0.3, 0.4) is 0 Å². The summed E-state index contributed by atoms with van der Waals surface area (Å²) >= 11 is 0.